The Balaban J connectivity index is 2.17. The highest BCUT2D eigenvalue weighted by Gasteiger charge is 2.14. The van der Waals surface area contributed by atoms with Gasteiger partial charge in [0.25, 0.3) is 11.6 Å². The molecule has 0 aliphatic heterocycles. The molecule has 1 N–H and O–H groups in total. The summed E-state index contributed by atoms with van der Waals surface area (Å²) < 4.78 is 4.99. The van der Waals surface area contributed by atoms with Crippen LogP contribution >= 0.6 is 23.2 Å². The quantitative estimate of drug-likeness (QED) is 0.644. The van der Waals surface area contributed by atoms with Crippen molar-refractivity contribution < 1.29 is 19.6 Å². The third-order valence-electron chi connectivity index (χ3n) is 3.16. The lowest BCUT2D eigenvalue weighted by Gasteiger charge is -2.14. The maximum Gasteiger partial charge on any atom is 0.269 e. The van der Waals surface area contributed by atoms with Gasteiger partial charge in [0.1, 0.15) is 0 Å². The van der Waals surface area contributed by atoms with E-state index in [-0.39, 0.29) is 39.2 Å². The van der Waals surface area contributed by atoms with E-state index in [4.69, 9.17) is 27.9 Å². The smallest absolute Gasteiger partial charge is 0.269 e. The Labute approximate surface area is 146 Å². The van der Waals surface area contributed by atoms with Crippen LogP contribution in [0.15, 0.2) is 30.3 Å². The second-order valence-corrected chi connectivity index (χ2v) is 5.52. The van der Waals surface area contributed by atoms with Crippen molar-refractivity contribution in [1.29, 1.82) is 0 Å². The predicted octanol–water partition coefficient (Wildman–Crippen LogP) is 2.91. The zero-order chi connectivity index (χ0) is 17.9. The highest BCUT2D eigenvalue weighted by molar-refractivity contribution is 6.37. The molecule has 0 saturated carbocycles. The molecule has 7 nitrogen and oxygen atoms in total. The fraction of sp³-hybridized carbons (Fsp3) is 0.133. The van der Waals surface area contributed by atoms with Crippen LogP contribution in [0.1, 0.15) is 15.9 Å². The molecule has 0 aromatic heterocycles. The van der Waals surface area contributed by atoms with Crippen molar-refractivity contribution in [3.05, 3.63) is 61.6 Å². The van der Waals surface area contributed by atoms with Gasteiger partial charge in [-0.3, -0.25) is 14.9 Å². The number of benzene rings is 2. The summed E-state index contributed by atoms with van der Waals surface area (Å²) in [6.45, 7) is -0.166. The lowest BCUT2D eigenvalue weighted by Crippen LogP contribution is -2.23. The fourth-order valence-corrected chi connectivity index (χ4v) is 2.62. The SMILES string of the molecule is COc1c(Cl)cc(C(=O)NCc2cc([N+](=O)[O-])ccc2[O-])cc1Cl. The molecule has 0 heterocycles. The zero-order valence-electron chi connectivity index (χ0n) is 12.3. The molecular weight excluding hydrogens is 359 g/mol. The van der Waals surface area contributed by atoms with Gasteiger partial charge in [-0.2, -0.15) is 0 Å². The minimum Gasteiger partial charge on any atom is -0.872 e. The maximum atomic E-state index is 12.1. The number of ether oxygens (including phenoxy) is 1. The van der Waals surface area contributed by atoms with E-state index in [0.717, 1.165) is 18.2 Å². The third-order valence-corrected chi connectivity index (χ3v) is 3.72. The van der Waals surface area contributed by atoms with Crippen LogP contribution in [0.2, 0.25) is 10.0 Å². The van der Waals surface area contributed by atoms with Gasteiger partial charge in [0.2, 0.25) is 0 Å². The summed E-state index contributed by atoms with van der Waals surface area (Å²) in [6, 6.07) is 6.05. The first-order valence-electron chi connectivity index (χ1n) is 6.59. The van der Waals surface area contributed by atoms with Gasteiger partial charge < -0.3 is 15.2 Å². The number of carbonyl (C=O) groups is 1. The molecule has 0 saturated heterocycles. The van der Waals surface area contributed by atoms with Crippen LogP contribution in [0.5, 0.6) is 11.5 Å². The molecule has 0 fully saturated rings. The molecule has 0 aliphatic carbocycles. The number of methoxy groups -OCH3 is 1. The number of nitro benzene ring substituents is 1. The summed E-state index contributed by atoms with van der Waals surface area (Å²) in [5.74, 6) is -0.700. The molecule has 1 amide bonds. The Kier molecular flexibility index (Phi) is 5.48. The molecule has 0 spiro atoms. The van der Waals surface area contributed by atoms with Crippen LogP contribution in [0, 0.1) is 10.1 Å². The number of carbonyl (C=O) groups excluding carboxylic acids is 1. The van der Waals surface area contributed by atoms with E-state index >= 15 is 0 Å². The largest absolute Gasteiger partial charge is 0.872 e. The number of nitro groups is 1. The second-order valence-electron chi connectivity index (χ2n) is 4.70. The molecule has 0 aliphatic rings. The van der Waals surface area contributed by atoms with Crippen molar-refractivity contribution in [2.75, 3.05) is 7.11 Å². The van der Waals surface area contributed by atoms with E-state index in [1.54, 1.807) is 0 Å². The number of nitrogens with one attached hydrogen (secondary N) is 1. The van der Waals surface area contributed by atoms with Crippen LogP contribution in [0.4, 0.5) is 5.69 Å². The Morgan fingerprint density at radius 3 is 2.42 bits per heavy atom. The molecule has 0 radical (unpaired) electrons. The number of halogens is 2. The average molecular weight is 370 g/mol. The first-order valence-corrected chi connectivity index (χ1v) is 7.34. The zero-order valence-corrected chi connectivity index (χ0v) is 13.9. The Bertz CT molecular complexity index is 787. The number of hydrogen-bond donors (Lipinski definition) is 1. The summed E-state index contributed by atoms with van der Waals surface area (Å²) in [5, 5.41) is 25.3. The molecule has 2 aromatic carbocycles. The van der Waals surface area contributed by atoms with Gasteiger partial charge in [-0.15, -0.1) is 5.75 Å². The van der Waals surface area contributed by atoms with Gasteiger partial charge in [0.05, 0.1) is 22.1 Å². The van der Waals surface area contributed by atoms with Gasteiger partial charge in [-0.25, -0.2) is 0 Å². The summed E-state index contributed by atoms with van der Waals surface area (Å²) in [6.07, 6.45) is 0. The monoisotopic (exact) mass is 369 g/mol. The maximum absolute atomic E-state index is 12.1. The summed E-state index contributed by atoms with van der Waals surface area (Å²) in [7, 11) is 1.39. The predicted molar refractivity (Wildman–Crippen MR) is 86.7 cm³/mol. The van der Waals surface area contributed by atoms with Gasteiger partial charge in [0.15, 0.2) is 5.75 Å². The van der Waals surface area contributed by atoms with Crippen LogP contribution in [-0.4, -0.2) is 17.9 Å². The number of non-ortho nitro benzene ring substituents is 1. The molecule has 126 valence electrons. The van der Waals surface area contributed by atoms with Crippen molar-refractivity contribution in [1.82, 2.24) is 5.32 Å². The van der Waals surface area contributed by atoms with E-state index in [0.29, 0.717) is 0 Å². The summed E-state index contributed by atoms with van der Waals surface area (Å²) >= 11 is 11.9. The van der Waals surface area contributed by atoms with Gasteiger partial charge >= 0.3 is 0 Å². The molecule has 0 unspecified atom stereocenters. The van der Waals surface area contributed by atoms with E-state index in [9.17, 15) is 20.0 Å². The van der Waals surface area contributed by atoms with Gasteiger partial charge in [0, 0.05) is 24.2 Å². The molecule has 9 heteroatoms. The summed E-state index contributed by atoms with van der Waals surface area (Å²) in [4.78, 5) is 22.3. The van der Waals surface area contributed by atoms with Gasteiger partial charge in [-0.05, 0) is 17.7 Å². The van der Waals surface area contributed by atoms with Crippen LogP contribution in [0.25, 0.3) is 0 Å². The second kappa shape index (κ2) is 7.37. The highest BCUT2D eigenvalue weighted by Crippen LogP contribution is 2.33. The molecule has 2 rings (SSSR count). The van der Waals surface area contributed by atoms with E-state index in [2.05, 4.69) is 5.32 Å². The molecule has 0 atom stereocenters. The van der Waals surface area contributed by atoms with E-state index in [1.807, 2.05) is 0 Å². The lowest BCUT2D eigenvalue weighted by molar-refractivity contribution is -0.385. The Morgan fingerprint density at radius 2 is 1.88 bits per heavy atom. The normalized spacial score (nSPS) is 10.3. The first kappa shape index (κ1) is 17.8. The summed E-state index contributed by atoms with van der Waals surface area (Å²) in [5.41, 5.74) is 0.0429. The molecule has 0 bridgehead atoms. The standard InChI is InChI=1S/C15H12Cl2N2O5/c1-24-14-11(16)5-8(6-12(14)17)15(21)18-7-9-4-10(19(22)23)2-3-13(9)20/h2-6,20H,7H2,1H3,(H,18,21)/p-1. The van der Waals surface area contributed by atoms with Crippen LogP contribution < -0.4 is 15.2 Å². The minimum atomic E-state index is -0.617. The Hall–Kier alpha value is -2.51. The molecular formula is C15H11Cl2N2O5-. The van der Waals surface area contributed by atoms with Crippen molar-refractivity contribution in [2.24, 2.45) is 0 Å². The number of amides is 1. The van der Waals surface area contributed by atoms with Crippen LogP contribution in [-0.2, 0) is 6.54 Å². The van der Waals surface area contributed by atoms with Crippen molar-refractivity contribution >= 4 is 34.8 Å². The van der Waals surface area contributed by atoms with Crippen molar-refractivity contribution in [2.45, 2.75) is 6.54 Å². The first-order chi connectivity index (χ1) is 11.3. The van der Waals surface area contributed by atoms with Crippen molar-refractivity contribution in [3.8, 4) is 11.5 Å². The van der Waals surface area contributed by atoms with E-state index in [1.165, 1.54) is 19.2 Å². The van der Waals surface area contributed by atoms with E-state index < -0.39 is 16.6 Å². The number of hydrogen-bond acceptors (Lipinski definition) is 5. The fourth-order valence-electron chi connectivity index (χ4n) is 1.98. The molecule has 2 aromatic rings. The van der Waals surface area contributed by atoms with Crippen LogP contribution in [0.3, 0.4) is 0 Å². The Morgan fingerprint density at radius 1 is 1.25 bits per heavy atom. The van der Waals surface area contributed by atoms with Crippen molar-refractivity contribution in [3.63, 3.8) is 0 Å². The lowest BCUT2D eigenvalue weighted by atomic mass is 10.1. The number of rotatable bonds is 5. The van der Waals surface area contributed by atoms with Gasteiger partial charge in [-0.1, -0.05) is 29.3 Å². The average Bonchev–Trinajstić information content (AvgIpc) is 2.53. The topological polar surface area (TPSA) is 105 Å². The number of nitrogens with zero attached hydrogens (tertiary/aromatic N) is 1. The highest BCUT2D eigenvalue weighted by atomic mass is 35.5. The minimum absolute atomic E-state index is 0.100. The third kappa shape index (κ3) is 3.87. The molecule has 24 heavy (non-hydrogen) atoms.